The van der Waals surface area contributed by atoms with Gasteiger partial charge in [0.05, 0.1) is 16.9 Å². The van der Waals surface area contributed by atoms with Crippen molar-refractivity contribution in [2.75, 3.05) is 5.32 Å². The highest BCUT2D eigenvalue weighted by atomic mass is 32.2. The van der Waals surface area contributed by atoms with E-state index in [4.69, 9.17) is 5.26 Å². The molecule has 0 unspecified atom stereocenters. The van der Waals surface area contributed by atoms with Crippen LogP contribution in [0.15, 0.2) is 59.5 Å². The lowest BCUT2D eigenvalue weighted by atomic mass is 10.2. The maximum atomic E-state index is 12.1. The summed E-state index contributed by atoms with van der Waals surface area (Å²) in [7, 11) is 0. The summed E-state index contributed by atoms with van der Waals surface area (Å²) in [5.41, 5.74) is 1.18. The van der Waals surface area contributed by atoms with E-state index in [9.17, 15) is 4.79 Å². The van der Waals surface area contributed by atoms with Crippen molar-refractivity contribution in [1.82, 2.24) is 0 Å². The Kier molecular flexibility index (Phi) is 4.80. The molecular weight excluding hydrogens is 268 g/mol. The first-order valence-corrected chi connectivity index (χ1v) is 7.10. The molecule has 0 fully saturated rings. The third kappa shape index (κ3) is 3.87. The summed E-state index contributed by atoms with van der Waals surface area (Å²) in [5, 5.41) is 11.5. The standard InChI is InChI=1S/C16H14N2OS/c1-12(20-15-8-3-2-4-9-15)16(19)18-14-7-5-6-13(10-14)11-17/h2-10,12H,1H3,(H,18,19)/t12-/m0/s1. The molecule has 0 saturated carbocycles. The molecule has 0 radical (unpaired) electrons. The van der Waals surface area contributed by atoms with Gasteiger partial charge in [0.2, 0.25) is 5.91 Å². The van der Waals surface area contributed by atoms with E-state index < -0.39 is 0 Å². The fourth-order valence-corrected chi connectivity index (χ4v) is 2.56. The van der Waals surface area contributed by atoms with Crippen molar-refractivity contribution < 1.29 is 4.79 Å². The van der Waals surface area contributed by atoms with Crippen molar-refractivity contribution in [3.8, 4) is 6.07 Å². The molecule has 2 aromatic rings. The van der Waals surface area contributed by atoms with Gasteiger partial charge in [0.1, 0.15) is 0 Å². The minimum absolute atomic E-state index is 0.0751. The molecule has 0 aliphatic heterocycles. The van der Waals surface area contributed by atoms with Crippen LogP contribution in [0, 0.1) is 11.3 Å². The third-order valence-corrected chi connectivity index (χ3v) is 3.80. The van der Waals surface area contributed by atoms with Gasteiger partial charge in [-0.3, -0.25) is 4.79 Å². The molecular formula is C16H14N2OS. The molecule has 2 aromatic carbocycles. The Bertz CT molecular complexity index is 634. The zero-order chi connectivity index (χ0) is 14.4. The number of hydrogen-bond acceptors (Lipinski definition) is 3. The number of thioether (sulfide) groups is 1. The summed E-state index contributed by atoms with van der Waals surface area (Å²) in [6.07, 6.45) is 0. The van der Waals surface area contributed by atoms with Crippen molar-refractivity contribution in [3.63, 3.8) is 0 Å². The molecule has 1 amide bonds. The van der Waals surface area contributed by atoms with Gasteiger partial charge in [-0.25, -0.2) is 0 Å². The maximum absolute atomic E-state index is 12.1. The number of hydrogen-bond donors (Lipinski definition) is 1. The number of nitrogens with zero attached hydrogens (tertiary/aromatic N) is 1. The molecule has 0 spiro atoms. The fraction of sp³-hybridized carbons (Fsp3) is 0.125. The Morgan fingerprint density at radius 2 is 1.95 bits per heavy atom. The molecule has 4 heteroatoms. The molecule has 0 aromatic heterocycles. The van der Waals surface area contributed by atoms with Crippen molar-refractivity contribution in [2.45, 2.75) is 17.1 Å². The lowest BCUT2D eigenvalue weighted by Gasteiger charge is -2.12. The second kappa shape index (κ2) is 6.78. The Morgan fingerprint density at radius 3 is 2.65 bits per heavy atom. The maximum Gasteiger partial charge on any atom is 0.237 e. The number of carbonyl (C=O) groups excluding carboxylic acids is 1. The van der Waals surface area contributed by atoms with Gasteiger partial charge in [-0.2, -0.15) is 5.26 Å². The summed E-state index contributed by atoms with van der Waals surface area (Å²) in [6, 6.07) is 18.7. The molecule has 0 aliphatic rings. The first-order chi connectivity index (χ1) is 9.69. The van der Waals surface area contributed by atoms with Gasteiger partial charge < -0.3 is 5.32 Å². The van der Waals surface area contributed by atoms with E-state index in [2.05, 4.69) is 11.4 Å². The first kappa shape index (κ1) is 14.2. The lowest BCUT2D eigenvalue weighted by molar-refractivity contribution is -0.115. The minimum atomic E-state index is -0.205. The van der Waals surface area contributed by atoms with E-state index in [1.807, 2.05) is 37.3 Å². The Hall–Kier alpha value is -2.25. The summed E-state index contributed by atoms with van der Waals surface area (Å²) in [5.74, 6) is -0.0751. The Balaban J connectivity index is 1.99. The van der Waals surface area contributed by atoms with E-state index in [0.717, 1.165) is 4.90 Å². The zero-order valence-electron chi connectivity index (χ0n) is 11.0. The predicted octanol–water partition coefficient (Wildman–Crippen LogP) is 3.68. The lowest BCUT2D eigenvalue weighted by Crippen LogP contribution is -2.22. The monoisotopic (exact) mass is 282 g/mol. The van der Waals surface area contributed by atoms with Crippen LogP contribution in [0.3, 0.4) is 0 Å². The van der Waals surface area contributed by atoms with Crippen molar-refractivity contribution >= 4 is 23.4 Å². The van der Waals surface area contributed by atoms with E-state index in [1.54, 1.807) is 24.3 Å². The van der Waals surface area contributed by atoms with Crippen molar-refractivity contribution in [3.05, 3.63) is 60.2 Å². The molecule has 0 saturated heterocycles. The van der Waals surface area contributed by atoms with E-state index >= 15 is 0 Å². The van der Waals surface area contributed by atoms with Gasteiger partial charge in [-0.1, -0.05) is 24.3 Å². The van der Waals surface area contributed by atoms with Gasteiger partial charge in [0, 0.05) is 10.6 Å². The molecule has 0 bridgehead atoms. The van der Waals surface area contributed by atoms with Crippen LogP contribution in [0.4, 0.5) is 5.69 Å². The van der Waals surface area contributed by atoms with Crippen LogP contribution in [-0.2, 0) is 4.79 Å². The van der Waals surface area contributed by atoms with E-state index in [0.29, 0.717) is 11.3 Å². The molecule has 100 valence electrons. The number of carbonyl (C=O) groups is 1. The quantitative estimate of drug-likeness (QED) is 0.870. The summed E-state index contributed by atoms with van der Waals surface area (Å²) < 4.78 is 0. The number of nitriles is 1. The summed E-state index contributed by atoms with van der Waals surface area (Å²) >= 11 is 1.50. The summed E-state index contributed by atoms with van der Waals surface area (Å²) in [4.78, 5) is 13.2. The second-order valence-corrected chi connectivity index (χ2v) is 5.67. The molecule has 1 atom stereocenters. The van der Waals surface area contributed by atoms with Crippen molar-refractivity contribution in [2.24, 2.45) is 0 Å². The SMILES string of the molecule is C[C@H](Sc1ccccc1)C(=O)Nc1cccc(C#N)c1. The van der Waals surface area contributed by atoms with Crippen LogP contribution in [0.2, 0.25) is 0 Å². The number of amides is 1. The topological polar surface area (TPSA) is 52.9 Å². The van der Waals surface area contributed by atoms with Gasteiger partial charge >= 0.3 is 0 Å². The highest BCUT2D eigenvalue weighted by molar-refractivity contribution is 8.00. The molecule has 1 N–H and O–H groups in total. The van der Waals surface area contributed by atoms with Crippen molar-refractivity contribution in [1.29, 1.82) is 5.26 Å². The largest absolute Gasteiger partial charge is 0.325 e. The van der Waals surface area contributed by atoms with Crippen LogP contribution in [0.5, 0.6) is 0 Å². The number of rotatable bonds is 4. The average molecular weight is 282 g/mol. The smallest absolute Gasteiger partial charge is 0.237 e. The van der Waals surface area contributed by atoms with Crippen LogP contribution in [0.1, 0.15) is 12.5 Å². The molecule has 2 rings (SSSR count). The third-order valence-electron chi connectivity index (χ3n) is 2.68. The van der Waals surface area contributed by atoms with Crippen LogP contribution in [0.25, 0.3) is 0 Å². The highest BCUT2D eigenvalue weighted by Gasteiger charge is 2.14. The molecule has 0 heterocycles. The predicted molar refractivity (Wildman–Crippen MR) is 81.5 cm³/mol. The number of anilines is 1. The van der Waals surface area contributed by atoms with Crippen LogP contribution < -0.4 is 5.32 Å². The second-order valence-electron chi connectivity index (χ2n) is 4.25. The Labute approximate surface area is 122 Å². The Morgan fingerprint density at radius 1 is 1.20 bits per heavy atom. The average Bonchev–Trinajstić information content (AvgIpc) is 2.48. The summed E-state index contributed by atoms with van der Waals surface area (Å²) in [6.45, 7) is 1.86. The minimum Gasteiger partial charge on any atom is -0.325 e. The van der Waals surface area contributed by atoms with Crippen LogP contribution in [-0.4, -0.2) is 11.2 Å². The van der Waals surface area contributed by atoms with Gasteiger partial charge in [-0.15, -0.1) is 11.8 Å². The number of nitrogens with one attached hydrogen (secondary N) is 1. The fourth-order valence-electron chi connectivity index (χ4n) is 1.67. The molecule has 3 nitrogen and oxygen atoms in total. The van der Waals surface area contributed by atoms with Crippen LogP contribution >= 0.6 is 11.8 Å². The first-order valence-electron chi connectivity index (χ1n) is 6.22. The zero-order valence-corrected chi connectivity index (χ0v) is 11.9. The molecule has 20 heavy (non-hydrogen) atoms. The number of benzene rings is 2. The van der Waals surface area contributed by atoms with Gasteiger partial charge in [0.15, 0.2) is 0 Å². The normalized spacial score (nSPS) is 11.4. The van der Waals surface area contributed by atoms with E-state index in [-0.39, 0.29) is 11.2 Å². The van der Waals surface area contributed by atoms with Gasteiger partial charge in [0.25, 0.3) is 0 Å². The van der Waals surface area contributed by atoms with E-state index in [1.165, 1.54) is 11.8 Å². The molecule has 0 aliphatic carbocycles. The van der Waals surface area contributed by atoms with Gasteiger partial charge in [-0.05, 0) is 37.3 Å². The highest BCUT2D eigenvalue weighted by Crippen LogP contribution is 2.23.